The summed E-state index contributed by atoms with van der Waals surface area (Å²) in [5, 5.41) is 8.79. The Morgan fingerprint density at radius 2 is 1.74 bits per heavy atom. The number of sulfonamides is 1. The number of hydrogen-bond acceptors (Lipinski definition) is 4. The van der Waals surface area contributed by atoms with E-state index in [1.165, 1.54) is 6.07 Å². The fourth-order valence-corrected chi connectivity index (χ4v) is 3.95. The molecule has 1 aromatic heterocycles. The Morgan fingerprint density at radius 3 is 2.09 bits per heavy atom. The van der Waals surface area contributed by atoms with Gasteiger partial charge in [0.05, 0.1) is 10.9 Å². The maximum atomic E-state index is 12.5. The molecule has 0 radical (unpaired) electrons. The van der Waals surface area contributed by atoms with Crippen molar-refractivity contribution in [1.82, 2.24) is 0 Å². The van der Waals surface area contributed by atoms with Gasteiger partial charge in [0.15, 0.2) is 5.92 Å². The standard InChI is InChI=1S/C10H8ClF6NO3S2/c11-6-1-2-7(22-6)23(20,21)18-3-5(4-19)8(9(12,13)14)10(15,16)17/h1-3,5,8,19H,4H2. The molecule has 1 unspecified atom stereocenters. The van der Waals surface area contributed by atoms with Crippen molar-refractivity contribution >= 4 is 39.2 Å². The summed E-state index contributed by atoms with van der Waals surface area (Å²) in [6.45, 7) is -1.59. The van der Waals surface area contributed by atoms with Crippen molar-refractivity contribution in [2.24, 2.45) is 16.2 Å². The normalized spacial score (nSPS) is 15.5. The van der Waals surface area contributed by atoms with Crippen LogP contribution in [0.4, 0.5) is 26.3 Å². The van der Waals surface area contributed by atoms with Crippen molar-refractivity contribution in [2.75, 3.05) is 6.61 Å². The van der Waals surface area contributed by atoms with Crippen molar-refractivity contribution in [1.29, 1.82) is 0 Å². The molecule has 23 heavy (non-hydrogen) atoms. The molecular weight excluding hydrogens is 396 g/mol. The Bertz CT molecular complexity index is 653. The van der Waals surface area contributed by atoms with Crippen molar-refractivity contribution in [3.05, 3.63) is 16.5 Å². The van der Waals surface area contributed by atoms with Crippen molar-refractivity contribution in [3.8, 4) is 0 Å². The minimum absolute atomic E-state index is 0.0425. The van der Waals surface area contributed by atoms with E-state index in [0.717, 1.165) is 6.07 Å². The van der Waals surface area contributed by atoms with Crippen LogP contribution in [0.25, 0.3) is 0 Å². The van der Waals surface area contributed by atoms with Crippen LogP contribution in [0.5, 0.6) is 0 Å². The summed E-state index contributed by atoms with van der Waals surface area (Å²) in [4.78, 5) is 0. The highest BCUT2D eigenvalue weighted by Crippen LogP contribution is 2.43. The van der Waals surface area contributed by atoms with E-state index in [-0.39, 0.29) is 10.6 Å². The molecule has 0 amide bonds. The van der Waals surface area contributed by atoms with Gasteiger partial charge in [0.1, 0.15) is 4.21 Å². The van der Waals surface area contributed by atoms with E-state index in [1.54, 1.807) is 0 Å². The third-order valence-electron chi connectivity index (χ3n) is 2.54. The maximum absolute atomic E-state index is 12.5. The molecule has 13 heteroatoms. The Labute approximate surface area is 135 Å². The van der Waals surface area contributed by atoms with E-state index in [2.05, 4.69) is 4.40 Å². The summed E-state index contributed by atoms with van der Waals surface area (Å²) in [6.07, 6.45) is -11.5. The van der Waals surface area contributed by atoms with Gasteiger partial charge in [-0.1, -0.05) is 11.6 Å². The first-order valence-electron chi connectivity index (χ1n) is 5.59. The Balaban J connectivity index is 3.15. The molecule has 0 aliphatic rings. The van der Waals surface area contributed by atoms with E-state index in [0.29, 0.717) is 11.3 Å². The van der Waals surface area contributed by atoms with Crippen LogP contribution in [0.3, 0.4) is 0 Å². The quantitative estimate of drug-likeness (QED) is 0.604. The number of rotatable bonds is 5. The fraction of sp³-hybridized carbons (Fsp3) is 0.500. The van der Waals surface area contributed by atoms with Crippen molar-refractivity contribution < 1.29 is 39.9 Å². The smallest absolute Gasteiger partial charge is 0.396 e. The zero-order valence-electron chi connectivity index (χ0n) is 10.8. The molecule has 0 saturated heterocycles. The third kappa shape index (κ3) is 5.33. The Morgan fingerprint density at radius 1 is 1.22 bits per heavy atom. The molecule has 0 spiro atoms. The lowest BCUT2D eigenvalue weighted by atomic mass is 9.93. The molecule has 1 aromatic rings. The first-order chi connectivity index (χ1) is 10.3. The molecule has 1 N–H and O–H groups in total. The van der Waals surface area contributed by atoms with Crippen LogP contribution >= 0.6 is 22.9 Å². The third-order valence-corrected chi connectivity index (χ3v) is 5.49. The van der Waals surface area contributed by atoms with Crippen LogP contribution in [-0.4, -0.2) is 38.7 Å². The second-order valence-electron chi connectivity index (χ2n) is 4.20. The number of aliphatic hydroxyl groups is 1. The molecule has 132 valence electrons. The number of nitrogens with zero attached hydrogens (tertiary/aromatic N) is 1. The lowest BCUT2D eigenvalue weighted by Crippen LogP contribution is -2.43. The van der Waals surface area contributed by atoms with Crippen LogP contribution in [0, 0.1) is 11.8 Å². The highest BCUT2D eigenvalue weighted by molar-refractivity contribution is 7.92. The van der Waals surface area contributed by atoms with Crippen LogP contribution in [0.15, 0.2) is 20.7 Å². The summed E-state index contributed by atoms with van der Waals surface area (Å²) in [5.41, 5.74) is 0. The lowest BCUT2D eigenvalue weighted by molar-refractivity contribution is -0.294. The van der Waals surface area contributed by atoms with Crippen molar-refractivity contribution in [3.63, 3.8) is 0 Å². The topological polar surface area (TPSA) is 66.7 Å². The molecule has 4 nitrogen and oxygen atoms in total. The van der Waals surface area contributed by atoms with Gasteiger partial charge < -0.3 is 5.11 Å². The maximum Gasteiger partial charge on any atom is 0.401 e. The van der Waals surface area contributed by atoms with Gasteiger partial charge in [0.25, 0.3) is 10.0 Å². The predicted octanol–water partition coefficient (Wildman–Crippen LogP) is 3.51. The second-order valence-corrected chi connectivity index (χ2v) is 7.77. The highest BCUT2D eigenvalue weighted by atomic mass is 35.5. The van der Waals surface area contributed by atoms with E-state index >= 15 is 0 Å². The van der Waals surface area contributed by atoms with Crippen LogP contribution in [-0.2, 0) is 10.0 Å². The summed E-state index contributed by atoms with van der Waals surface area (Å²) < 4.78 is 101. The molecule has 1 atom stereocenters. The largest absolute Gasteiger partial charge is 0.401 e. The molecule has 0 aliphatic carbocycles. The first-order valence-corrected chi connectivity index (χ1v) is 8.22. The van der Waals surface area contributed by atoms with Crippen LogP contribution in [0.1, 0.15) is 0 Å². The van der Waals surface area contributed by atoms with E-state index in [4.69, 9.17) is 16.7 Å². The van der Waals surface area contributed by atoms with Gasteiger partial charge in [-0.15, -0.1) is 11.3 Å². The van der Waals surface area contributed by atoms with Gasteiger partial charge in [0, 0.05) is 12.1 Å². The van der Waals surface area contributed by atoms with Gasteiger partial charge in [0.2, 0.25) is 0 Å². The molecule has 0 saturated carbocycles. The molecule has 0 fully saturated rings. The Kier molecular flexibility index (Phi) is 6.10. The highest BCUT2D eigenvalue weighted by Gasteiger charge is 2.59. The van der Waals surface area contributed by atoms with Gasteiger partial charge in [-0.25, -0.2) is 0 Å². The van der Waals surface area contributed by atoms with Gasteiger partial charge in [-0.05, 0) is 12.1 Å². The number of halogens is 7. The SMILES string of the molecule is O=S(=O)(N=CC(CO)C(C(F)(F)F)C(F)(F)F)c1ccc(Cl)s1. The molecule has 0 bridgehead atoms. The summed E-state index contributed by atoms with van der Waals surface area (Å²) >= 11 is 6.02. The van der Waals surface area contributed by atoms with Gasteiger partial charge in [-0.3, -0.25) is 0 Å². The molecule has 0 aromatic carbocycles. The fourth-order valence-electron chi connectivity index (χ4n) is 1.56. The molecule has 1 rings (SSSR count). The Hall–Kier alpha value is -0.850. The number of alkyl halides is 6. The van der Waals surface area contributed by atoms with Gasteiger partial charge >= 0.3 is 12.4 Å². The van der Waals surface area contributed by atoms with Crippen LogP contribution in [0.2, 0.25) is 4.34 Å². The number of thiophene rings is 1. The van der Waals surface area contributed by atoms with Crippen molar-refractivity contribution in [2.45, 2.75) is 16.6 Å². The zero-order chi connectivity index (χ0) is 18.1. The molecular formula is C10H8ClF6NO3S2. The van der Waals surface area contributed by atoms with E-state index < -0.39 is 45.0 Å². The minimum atomic E-state index is -5.73. The average Bonchev–Trinajstić information content (AvgIpc) is 2.78. The van der Waals surface area contributed by atoms with Crippen LogP contribution < -0.4 is 0 Å². The number of aliphatic hydroxyl groups excluding tert-OH is 1. The average molecular weight is 404 g/mol. The minimum Gasteiger partial charge on any atom is -0.396 e. The number of hydrogen-bond donors (Lipinski definition) is 1. The second kappa shape index (κ2) is 6.95. The molecule has 1 heterocycles. The summed E-state index contributed by atoms with van der Waals surface area (Å²) in [6, 6.07) is 2.17. The lowest BCUT2D eigenvalue weighted by Gasteiger charge is -2.27. The molecule has 0 aliphatic heterocycles. The van der Waals surface area contributed by atoms with Gasteiger partial charge in [-0.2, -0.15) is 39.2 Å². The van der Waals surface area contributed by atoms with E-state index in [1.807, 2.05) is 0 Å². The summed E-state index contributed by atoms with van der Waals surface area (Å²) in [5.74, 6) is -6.54. The monoisotopic (exact) mass is 403 g/mol. The predicted molar refractivity (Wildman–Crippen MR) is 71.2 cm³/mol. The summed E-state index contributed by atoms with van der Waals surface area (Å²) in [7, 11) is -4.51. The first kappa shape index (κ1) is 20.2. The van der Waals surface area contributed by atoms with E-state index in [9.17, 15) is 34.8 Å². The zero-order valence-corrected chi connectivity index (χ0v) is 13.2.